The Balaban J connectivity index is 1.28. The number of likely N-dealkylation sites (tertiary alicyclic amines) is 1. The highest BCUT2D eigenvalue weighted by molar-refractivity contribution is 5.45. The number of nitrogens with one attached hydrogen (secondary N) is 1. The van der Waals surface area contributed by atoms with E-state index in [4.69, 9.17) is 4.74 Å². The van der Waals surface area contributed by atoms with Crippen LogP contribution in [-0.4, -0.2) is 82.0 Å². The van der Waals surface area contributed by atoms with E-state index < -0.39 is 5.56 Å². The Hall–Kier alpha value is -3.55. The molecule has 2 aliphatic heterocycles. The maximum atomic E-state index is 14.7. The summed E-state index contributed by atoms with van der Waals surface area (Å²) in [4.78, 5) is 22.7. The number of aromatic hydroxyl groups is 1. The Morgan fingerprint density at radius 3 is 2.58 bits per heavy atom. The maximum Gasteiger partial charge on any atom is 0.293 e. The van der Waals surface area contributed by atoms with Crippen molar-refractivity contribution in [2.75, 3.05) is 45.9 Å². The molecule has 1 atom stereocenters. The predicted octanol–water partition coefficient (Wildman–Crippen LogP) is 1.85. The van der Waals surface area contributed by atoms with Gasteiger partial charge in [-0.05, 0) is 35.4 Å². The minimum atomic E-state index is -0.569. The number of halogens is 1. The SMILES string of the molecule is O=c1[nH]cnc(C[C@H](CN2CC(O)C2)c2ccc(C#Cc3ccc(CN4CCOCC4)cc3F)cc2)c1O. The molecule has 3 heterocycles. The van der Waals surface area contributed by atoms with Gasteiger partial charge in [0.15, 0.2) is 0 Å². The topological polar surface area (TPSA) is 102 Å². The maximum absolute atomic E-state index is 14.7. The van der Waals surface area contributed by atoms with Crippen LogP contribution in [0.4, 0.5) is 4.39 Å². The van der Waals surface area contributed by atoms with Gasteiger partial charge in [0.1, 0.15) is 5.82 Å². The number of aromatic amines is 1. The number of rotatable bonds is 7. The normalized spacial score (nSPS) is 17.4. The number of ether oxygens (including phenoxy) is 1. The Morgan fingerprint density at radius 1 is 1.11 bits per heavy atom. The molecule has 0 spiro atoms. The van der Waals surface area contributed by atoms with Crippen LogP contribution in [0.3, 0.4) is 0 Å². The number of hydrogen-bond acceptors (Lipinski definition) is 7. The zero-order chi connectivity index (χ0) is 26.5. The van der Waals surface area contributed by atoms with Crippen molar-refractivity contribution in [3.63, 3.8) is 0 Å². The van der Waals surface area contributed by atoms with Crippen LogP contribution in [-0.2, 0) is 17.7 Å². The summed E-state index contributed by atoms with van der Waals surface area (Å²) < 4.78 is 20.1. The molecule has 3 aromatic rings. The lowest BCUT2D eigenvalue weighted by molar-refractivity contribution is -0.00129. The summed E-state index contributed by atoms with van der Waals surface area (Å²) in [5, 5.41) is 19.9. The summed E-state index contributed by atoms with van der Waals surface area (Å²) in [6, 6.07) is 12.9. The van der Waals surface area contributed by atoms with E-state index in [0.29, 0.717) is 57.1 Å². The molecule has 2 saturated heterocycles. The van der Waals surface area contributed by atoms with Crippen molar-refractivity contribution in [2.24, 2.45) is 0 Å². The first-order valence-corrected chi connectivity index (χ1v) is 12.8. The third-order valence-corrected chi connectivity index (χ3v) is 7.03. The van der Waals surface area contributed by atoms with Gasteiger partial charge in [0.25, 0.3) is 5.56 Å². The summed E-state index contributed by atoms with van der Waals surface area (Å²) in [5.74, 6) is 5.23. The van der Waals surface area contributed by atoms with Crippen molar-refractivity contribution < 1.29 is 19.3 Å². The van der Waals surface area contributed by atoms with Gasteiger partial charge in [0, 0.05) is 57.2 Å². The number of morpholine rings is 1. The molecule has 0 radical (unpaired) electrons. The number of aliphatic hydroxyl groups is 1. The molecule has 2 aliphatic rings. The van der Waals surface area contributed by atoms with Crippen LogP contribution in [0.1, 0.15) is 33.9 Å². The first-order chi connectivity index (χ1) is 18.4. The lowest BCUT2D eigenvalue weighted by atomic mass is 9.91. The molecule has 2 fully saturated rings. The van der Waals surface area contributed by atoms with Crippen molar-refractivity contribution in [3.05, 3.63) is 92.9 Å². The Bertz CT molecular complexity index is 1370. The van der Waals surface area contributed by atoms with Crippen LogP contribution < -0.4 is 5.56 Å². The third-order valence-electron chi connectivity index (χ3n) is 7.03. The lowest BCUT2D eigenvalue weighted by Crippen LogP contribution is -2.52. The highest BCUT2D eigenvalue weighted by Crippen LogP contribution is 2.26. The number of β-amino-alcohol motifs (C(OH)–C–C–N with tert-alkyl or cyclic N) is 1. The summed E-state index contributed by atoms with van der Waals surface area (Å²) in [6.45, 7) is 5.63. The van der Waals surface area contributed by atoms with Crippen LogP contribution in [0.5, 0.6) is 5.75 Å². The van der Waals surface area contributed by atoms with Gasteiger partial charge in [0.05, 0.1) is 36.9 Å². The monoisotopic (exact) mass is 518 g/mol. The zero-order valence-corrected chi connectivity index (χ0v) is 21.1. The molecule has 0 amide bonds. The van der Waals surface area contributed by atoms with Gasteiger partial charge < -0.3 is 19.9 Å². The lowest BCUT2D eigenvalue weighted by Gasteiger charge is -2.38. The van der Waals surface area contributed by atoms with Crippen molar-refractivity contribution >= 4 is 0 Å². The van der Waals surface area contributed by atoms with Crippen LogP contribution in [0.2, 0.25) is 0 Å². The van der Waals surface area contributed by atoms with E-state index in [9.17, 15) is 19.4 Å². The fourth-order valence-corrected chi connectivity index (χ4v) is 4.86. The summed E-state index contributed by atoms with van der Waals surface area (Å²) in [6.07, 6.45) is 1.33. The van der Waals surface area contributed by atoms with Crippen LogP contribution in [0.25, 0.3) is 0 Å². The zero-order valence-electron chi connectivity index (χ0n) is 21.1. The first-order valence-electron chi connectivity index (χ1n) is 12.8. The van der Waals surface area contributed by atoms with E-state index >= 15 is 0 Å². The number of benzene rings is 2. The number of aliphatic hydroxyl groups excluding tert-OH is 1. The van der Waals surface area contributed by atoms with Crippen LogP contribution in [0.15, 0.2) is 53.6 Å². The molecule has 2 aromatic carbocycles. The van der Waals surface area contributed by atoms with Crippen molar-refractivity contribution in [1.82, 2.24) is 19.8 Å². The Kier molecular flexibility index (Phi) is 8.15. The molecule has 0 saturated carbocycles. The Labute approximate surface area is 220 Å². The average Bonchev–Trinajstić information content (AvgIpc) is 2.90. The average molecular weight is 519 g/mol. The molecule has 0 unspecified atom stereocenters. The van der Waals surface area contributed by atoms with Gasteiger partial charge in [0.2, 0.25) is 5.75 Å². The molecule has 5 rings (SSSR count). The molecular formula is C29H31FN4O4. The summed E-state index contributed by atoms with van der Waals surface area (Å²) in [7, 11) is 0. The van der Waals surface area contributed by atoms with E-state index in [1.54, 1.807) is 12.1 Å². The summed E-state index contributed by atoms with van der Waals surface area (Å²) in [5.41, 5.74) is 2.78. The second-order valence-corrected chi connectivity index (χ2v) is 9.88. The van der Waals surface area contributed by atoms with Gasteiger partial charge in [-0.3, -0.25) is 14.6 Å². The number of nitrogens with zero attached hydrogens (tertiary/aromatic N) is 3. The van der Waals surface area contributed by atoms with Crippen LogP contribution in [0, 0.1) is 17.7 Å². The second kappa shape index (κ2) is 11.9. The van der Waals surface area contributed by atoms with E-state index in [2.05, 4.69) is 31.6 Å². The molecule has 3 N–H and O–H groups in total. The smallest absolute Gasteiger partial charge is 0.293 e. The molecule has 9 heteroatoms. The fraction of sp³-hybridized carbons (Fsp3) is 0.379. The molecule has 1 aromatic heterocycles. The van der Waals surface area contributed by atoms with E-state index in [-0.39, 0.29) is 23.6 Å². The van der Waals surface area contributed by atoms with E-state index in [0.717, 1.165) is 29.8 Å². The molecular weight excluding hydrogens is 487 g/mol. The molecule has 198 valence electrons. The van der Waals surface area contributed by atoms with Crippen LogP contribution >= 0.6 is 0 Å². The van der Waals surface area contributed by atoms with E-state index in [1.807, 2.05) is 30.3 Å². The minimum absolute atomic E-state index is 0.0545. The third kappa shape index (κ3) is 6.47. The standard InChI is InChI=1S/C29H31FN4O4/c30-26-13-21(15-33-9-11-38-12-10-33)4-8-23(26)7-3-20-1-5-22(6-2-20)24(16-34-17-25(35)18-34)14-27-28(36)29(37)32-19-31-27/h1-2,4-6,8,13,19,24-25,35-36H,9-12,14-18H2,(H,31,32,37)/t24-/m1/s1. The largest absolute Gasteiger partial charge is 0.502 e. The molecule has 38 heavy (non-hydrogen) atoms. The van der Waals surface area contributed by atoms with Gasteiger partial charge in [-0.1, -0.05) is 30.0 Å². The molecule has 8 nitrogen and oxygen atoms in total. The molecule has 0 aliphatic carbocycles. The molecule has 0 bridgehead atoms. The Morgan fingerprint density at radius 2 is 1.87 bits per heavy atom. The minimum Gasteiger partial charge on any atom is -0.502 e. The second-order valence-electron chi connectivity index (χ2n) is 9.88. The van der Waals surface area contributed by atoms with Gasteiger partial charge >= 0.3 is 0 Å². The van der Waals surface area contributed by atoms with Crippen molar-refractivity contribution in [3.8, 4) is 17.6 Å². The van der Waals surface area contributed by atoms with E-state index in [1.165, 1.54) is 6.33 Å². The van der Waals surface area contributed by atoms with Crippen molar-refractivity contribution in [1.29, 1.82) is 0 Å². The number of H-pyrrole nitrogens is 1. The van der Waals surface area contributed by atoms with Gasteiger partial charge in [-0.25, -0.2) is 9.37 Å². The predicted molar refractivity (Wildman–Crippen MR) is 140 cm³/mol. The van der Waals surface area contributed by atoms with Crippen molar-refractivity contribution in [2.45, 2.75) is 25.0 Å². The first kappa shape index (κ1) is 26.1. The highest BCUT2D eigenvalue weighted by Gasteiger charge is 2.28. The highest BCUT2D eigenvalue weighted by atomic mass is 19.1. The summed E-state index contributed by atoms with van der Waals surface area (Å²) >= 11 is 0. The van der Waals surface area contributed by atoms with Gasteiger partial charge in [-0.2, -0.15) is 0 Å². The van der Waals surface area contributed by atoms with Gasteiger partial charge in [-0.15, -0.1) is 0 Å². The fourth-order valence-electron chi connectivity index (χ4n) is 4.86. The quantitative estimate of drug-likeness (QED) is 0.411. The number of aromatic nitrogens is 2. The number of hydrogen-bond donors (Lipinski definition) is 3.